The molecule has 1 unspecified atom stereocenters. The van der Waals surface area contributed by atoms with E-state index in [0.29, 0.717) is 18.4 Å². The summed E-state index contributed by atoms with van der Waals surface area (Å²) in [5, 5.41) is 7.63. The van der Waals surface area contributed by atoms with Gasteiger partial charge in [-0.3, -0.25) is 10.00 Å². The monoisotopic (exact) mass is 319 g/mol. The summed E-state index contributed by atoms with van der Waals surface area (Å²) in [7, 11) is 0. The Kier molecular flexibility index (Phi) is 4.29. The third kappa shape index (κ3) is 3.22. The smallest absolute Gasteiger partial charge is 0.324 e. The number of urea groups is 1. The lowest BCUT2D eigenvalue weighted by atomic mass is 9.99. The standard InChI is InChI=1S/C15H18ClN5O/c1-2-21-10-17-14(19-21)18-15(22)20-8-7-12(9-20)11-3-5-13(16)6-4-11/h3-6,10,12H,2,7-9H2,1H3,(H,18,19,22). The van der Waals surface area contributed by atoms with Gasteiger partial charge in [-0.1, -0.05) is 23.7 Å². The highest BCUT2D eigenvalue weighted by Crippen LogP contribution is 2.28. The molecule has 2 aromatic rings. The normalized spacial score (nSPS) is 17.7. The number of nitrogens with one attached hydrogen (secondary N) is 1. The summed E-state index contributed by atoms with van der Waals surface area (Å²) >= 11 is 5.91. The third-order valence-electron chi connectivity index (χ3n) is 3.90. The second kappa shape index (κ2) is 6.36. The molecular weight excluding hydrogens is 302 g/mol. The van der Waals surface area contributed by atoms with E-state index in [1.165, 1.54) is 5.56 Å². The van der Waals surface area contributed by atoms with Gasteiger partial charge >= 0.3 is 6.03 Å². The molecule has 7 heteroatoms. The Morgan fingerprint density at radius 1 is 1.41 bits per heavy atom. The van der Waals surface area contributed by atoms with Crippen LogP contribution in [0, 0.1) is 0 Å². The topological polar surface area (TPSA) is 63.1 Å². The molecule has 0 saturated carbocycles. The zero-order valence-corrected chi connectivity index (χ0v) is 13.1. The number of amides is 2. The Balaban J connectivity index is 1.59. The van der Waals surface area contributed by atoms with Gasteiger partial charge in [-0.25, -0.2) is 9.78 Å². The molecule has 2 amide bonds. The number of carbonyl (C=O) groups excluding carboxylic acids is 1. The van der Waals surface area contributed by atoms with Crippen molar-refractivity contribution >= 4 is 23.6 Å². The lowest BCUT2D eigenvalue weighted by Crippen LogP contribution is -2.33. The molecule has 1 aromatic carbocycles. The first-order valence-corrected chi connectivity index (χ1v) is 7.74. The highest BCUT2D eigenvalue weighted by Gasteiger charge is 2.27. The molecule has 6 nitrogen and oxygen atoms in total. The third-order valence-corrected chi connectivity index (χ3v) is 4.15. The van der Waals surface area contributed by atoms with Crippen molar-refractivity contribution < 1.29 is 4.79 Å². The maximum Gasteiger partial charge on any atom is 0.324 e. The summed E-state index contributed by atoms with van der Waals surface area (Å²) in [6, 6.07) is 7.69. The Bertz CT molecular complexity index is 654. The van der Waals surface area contributed by atoms with Gasteiger partial charge in [0.15, 0.2) is 0 Å². The van der Waals surface area contributed by atoms with E-state index in [9.17, 15) is 4.79 Å². The average Bonchev–Trinajstić information content (AvgIpc) is 3.17. The van der Waals surface area contributed by atoms with Gasteiger partial charge in [0.2, 0.25) is 5.95 Å². The summed E-state index contributed by atoms with van der Waals surface area (Å²) in [5.41, 5.74) is 1.22. The van der Waals surface area contributed by atoms with Crippen LogP contribution in [0.4, 0.5) is 10.7 Å². The number of halogens is 1. The quantitative estimate of drug-likeness (QED) is 0.946. The van der Waals surface area contributed by atoms with Crippen molar-refractivity contribution in [2.75, 3.05) is 18.4 Å². The molecule has 1 aliphatic rings. The fourth-order valence-corrected chi connectivity index (χ4v) is 2.76. The van der Waals surface area contributed by atoms with Crippen LogP contribution < -0.4 is 5.32 Å². The lowest BCUT2D eigenvalue weighted by Gasteiger charge is -2.16. The fraction of sp³-hybridized carbons (Fsp3) is 0.400. The van der Waals surface area contributed by atoms with Crippen molar-refractivity contribution in [2.45, 2.75) is 25.8 Å². The number of aryl methyl sites for hydroxylation is 1. The number of likely N-dealkylation sites (tertiary alicyclic amines) is 1. The molecule has 2 heterocycles. The van der Waals surface area contributed by atoms with Gasteiger partial charge in [-0.05, 0) is 31.0 Å². The number of hydrogen-bond acceptors (Lipinski definition) is 3. The van der Waals surface area contributed by atoms with E-state index in [2.05, 4.69) is 15.4 Å². The molecule has 1 fully saturated rings. The highest BCUT2D eigenvalue weighted by molar-refractivity contribution is 6.30. The Morgan fingerprint density at radius 2 is 2.18 bits per heavy atom. The number of nitrogens with zero attached hydrogens (tertiary/aromatic N) is 4. The van der Waals surface area contributed by atoms with Crippen molar-refractivity contribution in [3.63, 3.8) is 0 Å². The van der Waals surface area contributed by atoms with E-state index < -0.39 is 0 Å². The molecule has 1 saturated heterocycles. The first kappa shape index (κ1) is 14.8. The fourth-order valence-electron chi connectivity index (χ4n) is 2.63. The minimum absolute atomic E-state index is 0.148. The van der Waals surface area contributed by atoms with Gasteiger partial charge in [0.1, 0.15) is 6.33 Å². The largest absolute Gasteiger partial charge is 0.324 e. The van der Waals surface area contributed by atoms with Crippen LogP contribution in [0.2, 0.25) is 5.02 Å². The lowest BCUT2D eigenvalue weighted by molar-refractivity contribution is 0.222. The zero-order valence-electron chi connectivity index (χ0n) is 12.4. The Hall–Kier alpha value is -2.08. The molecule has 1 aliphatic heterocycles. The van der Waals surface area contributed by atoms with E-state index in [-0.39, 0.29) is 6.03 Å². The molecule has 0 bridgehead atoms. The number of rotatable bonds is 3. The maximum atomic E-state index is 12.2. The number of benzene rings is 1. The molecule has 0 aliphatic carbocycles. The molecule has 0 spiro atoms. The van der Waals surface area contributed by atoms with Gasteiger partial charge < -0.3 is 4.90 Å². The van der Waals surface area contributed by atoms with Gasteiger partial charge in [-0.2, -0.15) is 0 Å². The average molecular weight is 320 g/mol. The van der Waals surface area contributed by atoms with Crippen molar-refractivity contribution in [3.05, 3.63) is 41.2 Å². The molecule has 1 atom stereocenters. The number of aromatic nitrogens is 3. The minimum atomic E-state index is -0.148. The van der Waals surface area contributed by atoms with Crippen LogP contribution in [0.1, 0.15) is 24.8 Å². The van der Waals surface area contributed by atoms with Crippen LogP contribution in [0.5, 0.6) is 0 Å². The van der Waals surface area contributed by atoms with Crippen LogP contribution >= 0.6 is 11.6 Å². The second-order valence-corrected chi connectivity index (χ2v) is 5.77. The van der Waals surface area contributed by atoms with Crippen LogP contribution in [0.3, 0.4) is 0 Å². The van der Waals surface area contributed by atoms with Gasteiger partial charge in [0.05, 0.1) is 0 Å². The molecular formula is C15H18ClN5O. The zero-order chi connectivity index (χ0) is 15.5. The summed E-state index contributed by atoms with van der Waals surface area (Å²) in [6.07, 6.45) is 2.56. The predicted octanol–water partition coefficient (Wildman–Crippen LogP) is 2.97. The second-order valence-electron chi connectivity index (χ2n) is 5.34. The van der Waals surface area contributed by atoms with E-state index in [1.54, 1.807) is 15.9 Å². The van der Waals surface area contributed by atoms with Gasteiger partial charge in [0, 0.05) is 30.6 Å². The van der Waals surface area contributed by atoms with Crippen LogP contribution in [-0.4, -0.2) is 38.8 Å². The number of carbonyl (C=O) groups is 1. The van der Waals surface area contributed by atoms with E-state index in [4.69, 9.17) is 11.6 Å². The first-order valence-electron chi connectivity index (χ1n) is 7.36. The van der Waals surface area contributed by atoms with Crippen molar-refractivity contribution in [1.82, 2.24) is 19.7 Å². The number of anilines is 1. The van der Waals surface area contributed by atoms with Gasteiger partial charge in [-0.15, -0.1) is 5.10 Å². The van der Waals surface area contributed by atoms with E-state index >= 15 is 0 Å². The summed E-state index contributed by atoms with van der Waals surface area (Å²) in [4.78, 5) is 18.1. The summed E-state index contributed by atoms with van der Waals surface area (Å²) in [6.45, 7) is 4.12. The minimum Gasteiger partial charge on any atom is -0.324 e. The first-order chi connectivity index (χ1) is 10.7. The van der Waals surface area contributed by atoms with E-state index in [0.717, 1.165) is 24.5 Å². The number of hydrogen-bond donors (Lipinski definition) is 1. The van der Waals surface area contributed by atoms with Crippen molar-refractivity contribution in [2.24, 2.45) is 0 Å². The van der Waals surface area contributed by atoms with Crippen LogP contribution in [-0.2, 0) is 6.54 Å². The summed E-state index contributed by atoms with van der Waals surface area (Å²) in [5.74, 6) is 0.700. The van der Waals surface area contributed by atoms with Crippen molar-refractivity contribution in [3.8, 4) is 0 Å². The Morgan fingerprint density at radius 3 is 2.86 bits per heavy atom. The van der Waals surface area contributed by atoms with Crippen LogP contribution in [0.15, 0.2) is 30.6 Å². The molecule has 1 N–H and O–H groups in total. The van der Waals surface area contributed by atoms with Crippen molar-refractivity contribution in [1.29, 1.82) is 0 Å². The Labute approximate surface area is 134 Å². The summed E-state index contributed by atoms with van der Waals surface area (Å²) < 4.78 is 1.68. The highest BCUT2D eigenvalue weighted by atomic mass is 35.5. The molecule has 0 radical (unpaired) electrons. The molecule has 3 rings (SSSR count). The SMILES string of the molecule is CCn1cnc(NC(=O)N2CCC(c3ccc(Cl)cc3)C2)n1. The van der Waals surface area contributed by atoms with Gasteiger partial charge in [0.25, 0.3) is 0 Å². The van der Waals surface area contributed by atoms with Crippen LogP contribution in [0.25, 0.3) is 0 Å². The van der Waals surface area contributed by atoms with E-state index in [1.807, 2.05) is 31.2 Å². The molecule has 116 valence electrons. The maximum absolute atomic E-state index is 12.2. The molecule has 22 heavy (non-hydrogen) atoms. The molecule has 1 aromatic heterocycles. The predicted molar refractivity (Wildman–Crippen MR) is 85.1 cm³/mol.